The Hall–Kier alpha value is -1.35. The molecule has 0 unspecified atom stereocenters. The number of nitrogens with two attached hydrogens (primary N) is 1. The summed E-state index contributed by atoms with van der Waals surface area (Å²) in [7, 11) is 0. The van der Waals surface area contributed by atoms with Gasteiger partial charge < -0.3 is 11.1 Å². The number of carbonyl (C=O) groups is 1. The number of rotatable bonds is 4. The molecule has 0 saturated heterocycles. The number of hydrogen-bond acceptors (Lipinski definition) is 2. The van der Waals surface area contributed by atoms with E-state index in [0.717, 1.165) is 32.1 Å². The highest BCUT2D eigenvalue weighted by molar-refractivity contribution is 5.86. The van der Waals surface area contributed by atoms with Crippen molar-refractivity contribution in [1.82, 2.24) is 5.32 Å². The molecule has 0 spiro atoms. The van der Waals surface area contributed by atoms with Crippen LogP contribution >= 0.6 is 0 Å². The van der Waals surface area contributed by atoms with Crippen molar-refractivity contribution < 1.29 is 4.79 Å². The monoisotopic (exact) mass is 260 g/mol. The Bertz CT molecular complexity index is 419. The largest absolute Gasteiger partial charge is 0.354 e. The van der Waals surface area contributed by atoms with Gasteiger partial charge in [0.25, 0.3) is 0 Å². The van der Waals surface area contributed by atoms with Gasteiger partial charge in [-0.3, -0.25) is 4.79 Å². The van der Waals surface area contributed by atoms with Gasteiger partial charge in [0.1, 0.15) is 0 Å². The predicted molar refractivity (Wildman–Crippen MR) is 77.9 cm³/mol. The van der Waals surface area contributed by atoms with Crippen molar-refractivity contribution in [2.45, 2.75) is 51.0 Å². The number of benzene rings is 1. The minimum absolute atomic E-state index is 0.0271. The fourth-order valence-electron chi connectivity index (χ4n) is 2.66. The van der Waals surface area contributed by atoms with Crippen LogP contribution in [0.2, 0.25) is 0 Å². The molecule has 1 amide bonds. The van der Waals surface area contributed by atoms with Gasteiger partial charge in [-0.1, -0.05) is 49.1 Å². The first-order chi connectivity index (χ1) is 9.10. The third-order valence-electron chi connectivity index (χ3n) is 4.02. The second kappa shape index (κ2) is 6.20. The standard InChI is InChI=1S/C16H24N2O/c1-13-5-7-14(8-6-13)9-12-18-15(19)16(17)10-3-2-4-11-16/h5-8H,2-4,9-12,17H2,1H3,(H,18,19). The Kier molecular flexibility index (Phi) is 4.59. The molecule has 3 heteroatoms. The molecular weight excluding hydrogens is 236 g/mol. The number of hydrogen-bond donors (Lipinski definition) is 2. The van der Waals surface area contributed by atoms with E-state index < -0.39 is 5.54 Å². The molecule has 1 aromatic rings. The van der Waals surface area contributed by atoms with E-state index in [1.54, 1.807) is 0 Å². The minimum Gasteiger partial charge on any atom is -0.354 e. The molecule has 0 atom stereocenters. The summed E-state index contributed by atoms with van der Waals surface area (Å²) in [5.41, 5.74) is 8.08. The number of carbonyl (C=O) groups excluding carboxylic acids is 1. The average molecular weight is 260 g/mol. The lowest BCUT2D eigenvalue weighted by Gasteiger charge is -2.31. The third kappa shape index (κ3) is 3.80. The van der Waals surface area contributed by atoms with Crippen LogP contribution < -0.4 is 11.1 Å². The SMILES string of the molecule is Cc1ccc(CCNC(=O)C2(N)CCCCC2)cc1. The molecule has 0 radical (unpaired) electrons. The van der Waals surface area contributed by atoms with Crippen molar-refractivity contribution in [2.75, 3.05) is 6.54 Å². The van der Waals surface area contributed by atoms with E-state index in [1.165, 1.54) is 17.5 Å². The van der Waals surface area contributed by atoms with E-state index in [9.17, 15) is 4.79 Å². The summed E-state index contributed by atoms with van der Waals surface area (Å²) in [6.07, 6.45) is 5.86. The summed E-state index contributed by atoms with van der Waals surface area (Å²) >= 11 is 0. The second-order valence-electron chi connectivity index (χ2n) is 5.71. The van der Waals surface area contributed by atoms with Crippen LogP contribution in [-0.4, -0.2) is 18.0 Å². The van der Waals surface area contributed by atoms with E-state index in [2.05, 4.69) is 36.5 Å². The predicted octanol–water partition coefficient (Wildman–Crippen LogP) is 2.32. The van der Waals surface area contributed by atoms with E-state index in [1.807, 2.05) is 0 Å². The molecule has 2 rings (SSSR count). The Balaban J connectivity index is 1.78. The molecule has 1 aliphatic rings. The Morgan fingerprint density at radius 3 is 2.47 bits per heavy atom. The summed E-state index contributed by atoms with van der Waals surface area (Å²) < 4.78 is 0. The number of amides is 1. The van der Waals surface area contributed by atoms with Crippen LogP contribution in [0.4, 0.5) is 0 Å². The first kappa shape index (κ1) is 14.1. The highest BCUT2D eigenvalue weighted by atomic mass is 16.2. The Labute approximate surface area is 115 Å². The van der Waals surface area contributed by atoms with Crippen LogP contribution in [0.1, 0.15) is 43.2 Å². The zero-order chi connectivity index (χ0) is 13.7. The Morgan fingerprint density at radius 2 is 1.84 bits per heavy atom. The van der Waals surface area contributed by atoms with Crippen molar-refractivity contribution >= 4 is 5.91 Å². The lowest BCUT2D eigenvalue weighted by atomic mass is 9.82. The summed E-state index contributed by atoms with van der Waals surface area (Å²) in [6, 6.07) is 8.42. The van der Waals surface area contributed by atoms with Crippen LogP contribution in [0.15, 0.2) is 24.3 Å². The third-order valence-corrected chi connectivity index (χ3v) is 4.02. The number of nitrogens with one attached hydrogen (secondary N) is 1. The molecule has 3 nitrogen and oxygen atoms in total. The molecule has 1 aromatic carbocycles. The van der Waals surface area contributed by atoms with Gasteiger partial charge >= 0.3 is 0 Å². The second-order valence-corrected chi connectivity index (χ2v) is 5.71. The normalized spacial score (nSPS) is 18.0. The average Bonchev–Trinajstić information content (AvgIpc) is 2.42. The van der Waals surface area contributed by atoms with Crippen LogP contribution in [-0.2, 0) is 11.2 Å². The maximum Gasteiger partial charge on any atom is 0.240 e. The molecule has 0 bridgehead atoms. The number of aryl methyl sites for hydroxylation is 1. The van der Waals surface area contributed by atoms with Gasteiger partial charge in [0.05, 0.1) is 5.54 Å². The van der Waals surface area contributed by atoms with E-state index in [-0.39, 0.29) is 5.91 Å². The fourth-order valence-corrected chi connectivity index (χ4v) is 2.66. The summed E-state index contributed by atoms with van der Waals surface area (Å²) in [6.45, 7) is 2.74. The van der Waals surface area contributed by atoms with Crippen molar-refractivity contribution in [1.29, 1.82) is 0 Å². The molecule has 1 fully saturated rings. The van der Waals surface area contributed by atoms with Crippen LogP contribution in [0, 0.1) is 6.92 Å². The Morgan fingerprint density at radius 1 is 1.21 bits per heavy atom. The highest BCUT2D eigenvalue weighted by Crippen LogP contribution is 2.25. The van der Waals surface area contributed by atoms with Gasteiger partial charge in [-0.15, -0.1) is 0 Å². The van der Waals surface area contributed by atoms with Gasteiger partial charge in [0.15, 0.2) is 0 Å². The molecule has 104 valence electrons. The summed E-state index contributed by atoms with van der Waals surface area (Å²) in [5, 5.41) is 2.99. The molecule has 0 heterocycles. The fraction of sp³-hybridized carbons (Fsp3) is 0.562. The molecule has 3 N–H and O–H groups in total. The zero-order valence-electron chi connectivity index (χ0n) is 11.7. The quantitative estimate of drug-likeness (QED) is 0.873. The minimum atomic E-state index is -0.620. The molecule has 0 aliphatic heterocycles. The lowest BCUT2D eigenvalue weighted by Crippen LogP contribution is -2.55. The van der Waals surface area contributed by atoms with Crippen molar-refractivity contribution in [2.24, 2.45) is 5.73 Å². The van der Waals surface area contributed by atoms with E-state index in [4.69, 9.17) is 5.73 Å². The van der Waals surface area contributed by atoms with Gasteiger partial charge in [0, 0.05) is 6.54 Å². The van der Waals surface area contributed by atoms with Crippen LogP contribution in [0.3, 0.4) is 0 Å². The van der Waals surface area contributed by atoms with Crippen molar-refractivity contribution in [3.05, 3.63) is 35.4 Å². The van der Waals surface area contributed by atoms with Gasteiger partial charge in [-0.05, 0) is 31.7 Å². The smallest absolute Gasteiger partial charge is 0.240 e. The topological polar surface area (TPSA) is 55.1 Å². The van der Waals surface area contributed by atoms with Crippen molar-refractivity contribution in [3.63, 3.8) is 0 Å². The molecular formula is C16H24N2O. The maximum atomic E-state index is 12.1. The molecule has 19 heavy (non-hydrogen) atoms. The van der Waals surface area contributed by atoms with E-state index in [0.29, 0.717) is 6.54 Å². The highest BCUT2D eigenvalue weighted by Gasteiger charge is 2.34. The van der Waals surface area contributed by atoms with E-state index >= 15 is 0 Å². The molecule has 1 saturated carbocycles. The summed E-state index contributed by atoms with van der Waals surface area (Å²) in [4.78, 5) is 12.1. The van der Waals surface area contributed by atoms with Gasteiger partial charge in [-0.2, -0.15) is 0 Å². The van der Waals surface area contributed by atoms with Gasteiger partial charge in [-0.25, -0.2) is 0 Å². The van der Waals surface area contributed by atoms with Gasteiger partial charge in [0.2, 0.25) is 5.91 Å². The molecule has 1 aliphatic carbocycles. The zero-order valence-corrected chi connectivity index (χ0v) is 11.7. The van der Waals surface area contributed by atoms with Crippen LogP contribution in [0.25, 0.3) is 0 Å². The van der Waals surface area contributed by atoms with Crippen LogP contribution in [0.5, 0.6) is 0 Å². The lowest BCUT2D eigenvalue weighted by molar-refractivity contribution is -0.127. The maximum absolute atomic E-state index is 12.1. The summed E-state index contributed by atoms with van der Waals surface area (Å²) in [5.74, 6) is 0.0271. The first-order valence-electron chi connectivity index (χ1n) is 7.23. The molecule has 0 aromatic heterocycles. The van der Waals surface area contributed by atoms with Crippen molar-refractivity contribution in [3.8, 4) is 0 Å². The first-order valence-corrected chi connectivity index (χ1v) is 7.23.